The predicted molar refractivity (Wildman–Crippen MR) is 108 cm³/mol. The van der Waals surface area contributed by atoms with Crippen LogP contribution in [0.4, 0.5) is 5.13 Å². The number of halogens is 1. The summed E-state index contributed by atoms with van der Waals surface area (Å²) in [4.78, 5) is 15.8. The van der Waals surface area contributed by atoms with Gasteiger partial charge < -0.3 is 10.5 Å². The zero-order valence-electron chi connectivity index (χ0n) is 14.3. The van der Waals surface area contributed by atoms with Crippen LogP contribution in [0.3, 0.4) is 0 Å². The summed E-state index contributed by atoms with van der Waals surface area (Å²) in [6, 6.07) is 14.9. The number of nitrogen functional groups attached to an aromatic ring is 1. The molecule has 0 saturated heterocycles. The molecule has 0 fully saturated rings. The molecule has 0 saturated carbocycles. The lowest BCUT2D eigenvalue weighted by Gasteiger charge is -2.06. The number of benzene rings is 2. The number of nitrogens with two attached hydrogens (primary N) is 1. The van der Waals surface area contributed by atoms with Gasteiger partial charge in [-0.15, -0.1) is 11.3 Å². The van der Waals surface area contributed by atoms with Crippen LogP contribution in [0.2, 0.25) is 5.02 Å². The minimum absolute atomic E-state index is 0.141. The highest BCUT2D eigenvalue weighted by molar-refractivity contribution is 7.13. The third-order valence-corrected chi connectivity index (χ3v) is 4.49. The number of hydrogen-bond acceptors (Lipinski definition) is 6. The average Bonchev–Trinajstić information content (AvgIpc) is 3.07. The first kappa shape index (κ1) is 18.9. The van der Waals surface area contributed by atoms with E-state index in [2.05, 4.69) is 15.5 Å². The summed E-state index contributed by atoms with van der Waals surface area (Å²) < 4.78 is 5.72. The van der Waals surface area contributed by atoms with Crippen LogP contribution in [0, 0.1) is 0 Å². The third kappa shape index (κ3) is 6.09. The number of rotatable bonds is 7. The number of aromatic nitrogens is 1. The average molecular weight is 401 g/mol. The molecule has 0 radical (unpaired) electrons. The molecule has 1 amide bonds. The van der Waals surface area contributed by atoms with E-state index >= 15 is 0 Å². The van der Waals surface area contributed by atoms with Crippen LogP contribution in [0.5, 0.6) is 5.75 Å². The second kappa shape index (κ2) is 9.16. The summed E-state index contributed by atoms with van der Waals surface area (Å²) in [5, 5.41) is 6.84. The lowest BCUT2D eigenvalue weighted by Crippen LogP contribution is -2.19. The third-order valence-electron chi connectivity index (χ3n) is 3.51. The van der Waals surface area contributed by atoms with Gasteiger partial charge in [-0.3, -0.25) is 4.79 Å². The molecule has 0 bridgehead atoms. The van der Waals surface area contributed by atoms with Crippen molar-refractivity contribution in [3.8, 4) is 5.75 Å². The first-order valence-electron chi connectivity index (χ1n) is 8.07. The zero-order valence-corrected chi connectivity index (χ0v) is 15.8. The Morgan fingerprint density at radius 2 is 1.96 bits per heavy atom. The van der Waals surface area contributed by atoms with Crippen LogP contribution >= 0.6 is 22.9 Å². The molecule has 1 heterocycles. The molecule has 1 aromatic heterocycles. The van der Waals surface area contributed by atoms with Gasteiger partial charge in [-0.2, -0.15) is 5.10 Å². The van der Waals surface area contributed by atoms with E-state index in [4.69, 9.17) is 22.1 Å². The van der Waals surface area contributed by atoms with E-state index in [0.29, 0.717) is 22.5 Å². The molecule has 0 aliphatic heterocycles. The Morgan fingerprint density at radius 3 is 2.63 bits per heavy atom. The Labute approximate surface area is 165 Å². The molecule has 0 aliphatic carbocycles. The van der Waals surface area contributed by atoms with Gasteiger partial charge in [-0.1, -0.05) is 23.7 Å². The predicted octanol–water partition coefficient (Wildman–Crippen LogP) is 3.65. The van der Waals surface area contributed by atoms with E-state index in [9.17, 15) is 4.79 Å². The largest absolute Gasteiger partial charge is 0.489 e. The van der Waals surface area contributed by atoms with E-state index in [0.717, 1.165) is 16.9 Å². The fourth-order valence-electron chi connectivity index (χ4n) is 2.18. The minimum atomic E-state index is -0.250. The van der Waals surface area contributed by atoms with Crippen molar-refractivity contribution in [3.63, 3.8) is 0 Å². The van der Waals surface area contributed by atoms with Crippen molar-refractivity contribution >= 4 is 40.2 Å². The monoisotopic (exact) mass is 400 g/mol. The molecule has 138 valence electrons. The minimum Gasteiger partial charge on any atom is -0.489 e. The fourth-order valence-corrected chi connectivity index (χ4v) is 2.87. The van der Waals surface area contributed by atoms with E-state index in [1.54, 1.807) is 11.6 Å². The fraction of sp³-hybridized carbons (Fsp3) is 0.105. The highest BCUT2D eigenvalue weighted by atomic mass is 35.5. The maximum absolute atomic E-state index is 11.8. The summed E-state index contributed by atoms with van der Waals surface area (Å²) in [6.07, 6.45) is 1.71. The van der Waals surface area contributed by atoms with Crippen molar-refractivity contribution in [2.75, 3.05) is 5.73 Å². The number of ether oxygens (including phenoxy) is 1. The topological polar surface area (TPSA) is 89.6 Å². The summed E-state index contributed by atoms with van der Waals surface area (Å²) in [6.45, 7) is 0.460. The van der Waals surface area contributed by atoms with Gasteiger partial charge >= 0.3 is 0 Å². The number of anilines is 1. The van der Waals surface area contributed by atoms with E-state index in [1.807, 2.05) is 48.5 Å². The number of carbonyl (C=O) groups is 1. The number of thiazole rings is 1. The van der Waals surface area contributed by atoms with E-state index in [-0.39, 0.29) is 12.3 Å². The number of amides is 1. The summed E-state index contributed by atoms with van der Waals surface area (Å²) >= 11 is 7.16. The van der Waals surface area contributed by atoms with Crippen LogP contribution in [0.15, 0.2) is 59.0 Å². The molecule has 3 N–H and O–H groups in total. The lowest BCUT2D eigenvalue weighted by atomic mass is 10.2. The molecular formula is C19H17ClN4O2S. The van der Waals surface area contributed by atoms with Crippen molar-refractivity contribution in [3.05, 3.63) is 75.8 Å². The van der Waals surface area contributed by atoms with Gasteiger partial charge in [0.15, 0.2) is 5.13 Å². The van der Waals surface area contributed by atoms with Gasteiger partial charge in [0, 0.05) is 10.4 Å². The van der Waals surface area contributed by atoms with Crippen molar-refractivity contribution in [1.29, 1.82) is 0 Å². The number of hydrogen-bond donors (Lipinski definition) is 2. The molecule has 8 heteroatoms. The molecule has 0 atom stereocenters. The second-order valence-corrected chi connectivity index (χ2v) is 6.96. The lowest BCUT2D eigenvalue weighted by molar-refractivity contribution is -0.120. The molecule has 6 nitrogen and oxygen atoms in total. The maximum Gasteiger partial charge on any atom is 0.246 e. The molecule has 3 rings (SSSR count). The molecule has 2 aromatic carbocycles. The van der Waals surface area contributed by atoms with Crippen molar-refractivity contribution in [1.82, 2.24) is 10.4 Å². The number of hydrazone groups is 1. The highest BCUT2D eigenvalue weighted by Crippen LogP contribution is 2.15. The van der Waals surface area contributed by atoms with E-state index < -0.39 is 0 Å². The van der Waals surface area contributed by atoms with Gasteiger partial charge in [0.25, 0.3) is 0 Å². The van der Waals surface area contributed by atoms with Crippen molar-refractivity contribution in [2.24, 2.45) is 5.10 Å². The molecule has 3 aromatic rings. The quantitative estimate of drug-likeness (QED) is 0.468. The van der Waals surface area contributed by atoms with Crippen molar-refractivity contribution < 1.29 is 9.53 Å². The highest BCUT2D eigenvalue weighted by Gasteiger charge is 2.05. The maximum atomic E-state index is 11.8. The van der Waals surface area contributed by atoms with Gasteiger partial charge in [0.2, 0.25) is 5.91 Å². The summed E-state index contributed by atoms with van der Waals surface area (Å²) in [7, 11) is 0. The van der Waals surface area contributed by atoms with Gasteiger partial charge in [0.05, 0.1) is 18.3 Å². The number of nitrogens with one attached hydrogen (secondary N) is 1. The smallest absolute Gasteiger partial charge is 0.246 e. The molecule has 0 unspecified atom stereocenters. The van der Waals surface area contributed by atoms with Crippen LogP contribution < -0.4 is 15.9 Å². The van der Waals surface area contributed by atoms with Crippen LogP contribution in [-0.4, -0.2) is 17.1 Å². The van der Waals surface area contributed by atoms with Crippen LogP contribution in [0.1, 0.15) is 16.8 Å². The summed E-state index contributed by atoms with van der Waals surface area (Å²) in [5.74, 6) is 0.492. The van der Waals surface area contributed by atoms with Crippen LogP contribution in [0.25, 0.3) is 0 Å². The Balaban J connectivity index is 1.46. The van der Waals surface area contributed by atoms with Gasteiger partial charge in [-0.25, -0.2) is 10.4 Å². The van der Waals surface area contributed by atoms with Gasteiger partial charge in [-0.05, 0) is 47.5 Å². The first-order chi connectivity index (χ1) is 13.1. The Hall–Kier alpha value is -2.90. The standard InChI is InChI=1S/C19H17ClN4O2S/c20-15-5-1-14(2-6-15)11-26-17-7-3-13(4-8-17)10-22-24-18(25)9-16-12-27-19(21)23-16/h1-8,10,12H,9,11H2,(H2,21,23)(H,24,25)/b22-10+. The second-order valence-electron chi connectivity index (χ2n) is 5.63. The van der Waals surface area contributed by atoms with Crippen LogP contribution in [-0.2, 0) is 17.8 Å². The molecule has 0 aliphatic rings. The Bertz CT molecular complexity index is 924. The zero-order chi connectivity index (χ0) is 19.1. The van der Waals surface area contributed by atoms with E-state index in [1.165, 1.54) is 11.3 Å². The summed E-state index contributed by atoms with van der Waals surface area (Å²) in [5.41, 5.74) is 10.5. The number of carbonyl (C=O) groups excluding carboxylic acids is 1. The SMILES string of the molecule is Nc1nc(CC(=O)N/N=C/c2ccc(OCc3ccc(Cl)cc3)cc2)cs1. The Kier molecular flexibility index (Phi) is 6.40. The van der Waals surface area contributed by atoms with Gasteiger partial charge in [0.1, 0.15) is 12.4 Å². The normalized spacial score (nSPS) is 10.9. The molecular weight excluding hydrogens is 384 g/mol. The van der Waals surface area contributed by atoms with Crippen molar-refractivity contribution in [2.45, 2.75) is 13.0 Å². The number of nitrogens with zero attached hydrogens (tertiary/aromatic N) is 2. The molecule has 0 spiro atoms. The Morgan fingerprint density at radius 1 is 1.22 bits per heavy atom. The molecule has 27 heavy (non-hydrogen) atoms. The first-order valence-corrected chi connectivity index (χ1v) is 9.33.